The number of rotatable bonds is 26. The van der Waals surface area contributed by atoms with E-state index < -0.39 is 126 Å². The quantitative estimate of drug-likeness (QED) is 0.0235. The number of aliphatic hydroxyl groups excluding tert-OH is 1. The first-order chi connectivity index (χ1) is 28.8. The van der Waals surface area contributed by atoms with Crippen molar-refractivity contribution in [2.45, 2.75) is 109 Å². The summed E-state index contributed by atoms with van der Waals surface area (Å²) in [5.41, 5.74) is 30.9. The highest BCUT2D eigenvalue weighted by molar-refractivity contribution is 5.98. The van der Waals surface area contributed by atoms with Crippen molar-refractivity contribution in [3.63, 3.8) is 0 Å². The maximum absolute atomic E-state index is 14.0. The molecule has 0 bridgehead atoms. The highest BCUT2D eigenvalue weighted by atomic mass is 16.4. The normalized spacial score (nSPS) is 14.0. The van der Waals surface area contributed by atoms with Crippen molar-refractivity contribution in [1.82, 2.24) is 26.6 Å². The number of nitrogens with zero attached hydrogens (tertiary/aromatic N) is 2. The van der Waals surface area contributed by atoms with E-state index in [0.717, 1.165) is 12.1 Å². The molecule has 1 aromatic carbocycles. The van der Waals surface area contributed by atoms with Gasteiger partial charge in [0.25, 0.3) is 0 Å². The number of aliphatic hydroxyl groups is 1. The molecule has 0 aliphatic carbocycles. The summed E-state index contributed by atoms with van der Waals surface area (Å²) in [4.78, 5) is 111. The van der Waals surface area contributed by atoms with Gasteiger partial charge in [-0.05, 0) is 61.8 Å². The van der Waals surface area contributed by atoms with Crippen molar-refractivity contribution in [2.24, 2.45) is 49.8 Å². The summed E-state index contributed by atoms with van der Waals surface area (Å²) < 4.78 is 0. The zero-order valence-corrected chi connectivity index (χ0v) is 34.6. The van der Waals surface area contributed by atoms with Crippen LogP contribution in [-0.2, 0) is 45.0 Å². The Labute approximate surface area is 355 Å². The number of nitrogens with two attached hydrogens (primary N) is 6. The Hall–Kier alpha value is -6.96. The minimum atomic E-state index is -1.83. The van der Waals surface area contributed by atoms with Crippen LogP contribution in [0.5, 0.6) is 11.5 Å². The topological polar surface area (TPSA) is 479 Å². The van der Waals surface area contributed by atoms with Gasteiger partial charge >= 0.3 is 11.9 Å². The van der Waals surface area contributed by atoms with Crippen LogP contribution in [0.1, 0.15) is 82.9 Å². The van der Waals surface area contributed by atoms with Crippen LogP contribution in [-0.4, -0.2) is 128 Å². The van der Waals surface area contributed by atoms with Gasteiger partial charge in [0, 0.05) is 6.54 Å². The molecule has 346 valence electrons. The van der Waals surface area contributed by atoms with E-state index >= 15 is 0 Å². The molecule has 0 spiro atoms. The van der Waals surface area contributed by atoms with Crippen molar-refractivity contribution in [2.75, 3.05) is 13.1 Å². The van der Waals surface area contributed by atoms with Gasteiger partial charge in [-0.25, -0.2) is 9.79 Å². The number of carboxylic acids is 2. The molecular weight excluding hydrogens is 822 g/mol. The lowest BCUT2D eigenvalue weighted by atomic mass is 9.85. The molecule has 3 unspecified atom stereocenters. The number of carbonyl (C=O) groups excluding carboxylic acids is 6. The number of unbranched alkanes of at least 4 members (excludes halogenated alkanes) is 1. The highest BCUT2D eigenvalue weighted by Gasteiger charge is 2.38. The van der Waals surface area contributed by atoms with Gasteiger partial charge in [-0.3, -0.25) is 38.6 Å². The molecule has 1 rings (SSSR count). The van der Waals surface area contributed by atoms with Gasteiger partial charge in [0.15, 0.2) is 18.0 Å². The summed E-state index contributed by atoms with van der Waals surface area (Å²) in [7, 11) is 0. The van der Waals surface area contributed by atoms with Crippen LogP contribution in [0.25, 0.3) is 0 Å². The molecule has 62 heavy (non-hydrogen) atoms. The molecule has 1 aromatic rings. The van der Waals surface area contributed by atoms with Crippen LogP contribution in [0.2, 0.25) is 0 Å². The largest absolute Gasteiger partial charge is 0.507 e. The number of aliphatic carboxylic acids is 2. The second-order valence-corrected chi connectivity index (χ2v) is 15.0. The third kappa shape index (κ3) is 18.1. The van der Waals surface area contributed by atoms with Crippen molar-refractivity contribution in [3.8, 4) is 11.5 Å². The Morgan fingerprint density at radius 2 is 1.16 bits per heavy atom. The second-order valence-electron chi connectivity index (χ2n) is 15.0. The fourth-order valence-electron chi connectivity index (χ4n) is 5.70. The Bertz CT molecular complexity index is 1820. The first kappa shape index (κ1) is 53.1. The van der Waals surface area contributed by atoms with Gasteiger partial charge in [-0.15, -0.1) is 0 Å². The van der Waals surface area contributed by atoms with Gasteiger partial charge in [-0.2, -0.15) is 0 Å². The number of nitrogens with one attached hydrogen (secondary N) is 5. The molecule has 0 fully saturated rings. The highest BCUT2D eigenvalue weighted by Crippen LogP contribution is 2.33. The lowest BCUT2D eigenvalue weighted by molar-refractivity contribution is -0.144. The molecule has 0 aliphatic rings. The number of carbonyl (C=O) groups is 8. The Kier molecular flexibility index (Phi) is 21.4. The maximum Gasteiger partial charge on any atom is 0.326 e. The average molecular weight is 882 g/mol. The number of carboxylic acid groups (broad SMARTS) is 2. The van der Waals surface area contributed by atoms with Gasteiger partial charge in [0.2, 0.25) is 35.4 Å². The van der Waals surface area contributed by atoms with Crippen LogP contribution in [0.4, 0.5) is 0 Å². The molecule has 0 heterocycles. The Morgan fingerprint density at radius 1 is 0.661 bits per heavy atom. The zero-order valence-electron chi connectivity index (χ0n) is 34.6. The van der Waals surface area contributed by atoms with Crippen molar-refractivity contribution >= 4 is 59.3 Å². The summed E-state index contributed by atoms with van der Waals surface area (Å²) in [5.74, 6) is -11.7. The number of primary amides is 1. The number of hydrogen-bond acceptors (Lipinski definition) is 14. The van der Waals surface area contributed by atoms with E-state index in [4.69, 9.17) is 34.4 Å². The molecule has 0 aromatic heterocycles. The number of hydrogen-bond donors (Lipinski definition) is 16. The first-order valence-electron chi connectivity index (χ1n) is 19.1. The molecule has 6 atom stereocenters. The minimum absolute atomic E-state index is 0.0255. The average Bonchev–Trinajstić information content (AvgIpc) is 3.14. The zero-order chi connectivity index (χ0) is 47.5. The van der Waals surface area contributed by atoms with Gasteiger partial charge in [-0.1, -0.05) is 20.8 Å². The predicted octanol–water partition coefficient (Wildman–Crippen LogP) is -5.01. The lowest BCUT2D eigenvalue weighted by Gasteiger charge is -2.33. The molecule has 0 saturated carbocycles. The van der Waals surface area contributed by atoms with Gasteiger partial charge < -0.3 is 86.5 Å². The van der Waals surface area contributed by atoms with Gasteiger partial charge in [0.05, 0.1) is 25.0 Å². The smallest absolute Gasteiger partial charge is 0.326 e. The van der Waals surface area contributed by atoms with E-state index in [2.05, 4.69) is 36.6 Å². The van der Waals surface area contributed by atoms with E-state index in [1.165, 1.54) is 20.8 Å². The Balaban J connectivity index is 3.46. The van der Waals surface area contributed by atoms with Crippen LogP contribution in [0.3, 0.4) is 0 Å². The van der Waals surface area contributed by atoms with E-state index in [-0.39, 0.29) is 55.9 Å². The van der Waals surface area contributed by atoms with Crippen molar-refractivity contribution < 1.29 is 63.9 Å². The fourth-order valence-corrected chi connectivity index (χ4v) is 5.70. The fraction of sp³-hybridized carbons (Fsp3) is 0.556. The SMILES string of the molecule is CC(C)(C)[C@@H](NC(=O)[C@H](CC(N)=O)NC(=O)C(N=C(N)N)c1cc(O)c(CO)c(O)c1)C(=O)N[C@@H](CCCCN)C(=O)NC(CC(=O)O)C(=O)NC(CCCN=C(N)N)C(=O)O. The molecular formula is C36H59N13O13. The Morgan fingerprint density at radius 3 is 1.65 bits per heavy atom. The maximum atomic E-state index is 14.0. The van der Waals surface area contributed by atoms with Crippen LogP contribution in [0.15, 0.2) is 22.1 Å². The van der Waals surface area contributed by atoms with Crippen LogP contribution >= 0.6 is 0 Å². The summed E-state index contributed by atoms with van der Waals surface area (Å²) >= 11 is 0. The molecule has 0 radical (unpaired) electrons. The molecule has 26 heteroatoms. The number of benzene rings is 1. The van der Waals surface area contributed by atoms with Crippen LogP contribution < -0.4 is 61.0 Å². The van der Waals surface area contributed by atoms with E-state index in [9.17, 15) is 63.9 Å². The van der Waals surface area contributed by atoms with Crippen LogP contribution in [0, 0.1) is 5.41 Å². The molecule has 22 N–H and O–H groups in total. The summed E-state index contributed by atoms with van der Waals surface area (Å²) in [5, 5.41) is 60.8. The number of phenols is 2. The van der Waals surface area contributed by atoms with Crippen molar-refractivity contribution in [1.29, 1.82) is 0 Å². The molecule has 0 aliphatic heterocycles. The van der Waals surface area contributed by atoms with Crippen molar-refractivity contribution in [3.05, 3.63) is 23.3 Å². The van der Waals surface area contributed by atoms with E-state index in [1.807, 2.05) is 0 Å². The number of aliphatic imine (C=N–C) groups is 2. The molecule has 0 saturated heterocycles. The van der Waals surface area contributed by atoms with Gasteiger partial charge in [0.1, 0.15) is 41.7 Å². The lowest BCUT2D eigenvalue weighted by Crippen LogP contribution is -2.61. The first-order valence-corrected chi connectivity index (χ1v) is 19.1. The molecule has 26 nitrogen and oxygen atoms in total. The van der Waals surface area contributed by atoms with E-state index in [1.54, 1.807) is 0 Å². The summed E-state index contributed by atoms with van der Waals surface area (Å²) in [6.07, 6.45) is -1.40. The monoisotopic (exact) mass is 881 g/mol. The summed E-state index contributed by atoms with van der Waals surface area (Å²) in [6, 6.07) is -7.99. The number of guanidine groups is 2. The molecule has 6 amide bonds. The number of aromatic hydroxyl groups is 2. The third-order valence-electron chi connectivity index (χ3n) is 8.83. The second kappa shape index (κ2) is 25.0. The minimum Gasteiger partial charge on any atom is -0.507 e. The number of amides is 6. The standard InChI is InChI=1S/C36H59N13O13/c1-36(2,3)27(49-30(58)20(13-24(38)53)47-31(59)26(48-35(41)42)16-11-22(51)17(15-50)23(52)12-16)32(60)44-18(7-4-5-9-37)28(56)46-21(14-25(54)55)29(57)45-19(33(61)62)8-6-10-43-34(39)40/h11-12,18-21,26-27,50-52H,4-10,13-15,37H2,1-3H3,(H2,38,53)(H,44,60)(H,45,57)(H,46,56)(H,47,59)(H,49,58)(H,54,55)(H,61,62)(H4,39,40,43)(H4,41,42,48)/t18-,19?,20-,21?,26?,27-/m0/s1. The summed E-state index contributed by atoms with van der Waals surface area (Å²) in [6.45, 7) is 4.00. The van der Waals surface area contributed by atoms with E-state index in [0.29, 0.717) is 6.42 Å². The third-order valence-corrected chi connectivity index (χ3v) is 8.83. The predicted molar refractivity (Wildman–Crippen MR) is 220 cm³/mol.